The van der Waals surface area contributed by atoms with E-state index in [0.717, 1.165) is 24.4 Å². The van der Waals surface area contributed by atoms with E-state index in [0.29, 0.717) is 18.0 Å². The van der Waals surface area contributed by atoms with Crippen molar-refractivity contribution < 1.29 is 14.7 Å². The summed E-state index contributed by atoms with van der Waals surface area (Å²) >= 11 is 0.973. The first-order chi connectivity index (χ1) is 8.18. The third-order valence-corrected chi connectivity index (χ3v) is 3.46. The molecule has 17 heavy (non-hydrogen) atoms. The van der Waals surface area contributed by atoms with Gasteiger partial charge in [0.25, 0.3) is 0 Å². The standard InChI is InChI=1S/C9H12N4O3S/c14-7(10-9-11-12-13-17-9)5-3-1-2-4-6(5)8(15)16/h5-6H,1-4H2,(H,15,16)(H,10,11,13,14)/t5-,6+/m1/s1. The predicted octanol–water partition coefficient (Wildman–Crippen LogP) is 0.763. The molecular formula is C9H12N4O3S. The van der Waals surface area contributed by atoms with Crippen molar-refractivity contribution in [2.24, 2.45) is 11.8 Å². The Bertz CT molecular complexity index is 408. The lowest BCUT2D eigenvalue weighted by Gasteiger charge is -2.26. The van der Waals surface area contributed by atoms with Crippen LogP contribution in [-0.4, -0.2) is 31.8 Å². The topological polar surface area (TPSA) is 105 Å². The van der Waals surface area contributed by atoms with Crippen molar-refractivity contribution in [1.82, 2.24) is 14.8 Å². The third kappa shape index (κ3) is 2.76. The zero-order chi connectivity index (χ0) is 12.3. The van der Waals surface area contributed by atoms with E-state index < -0.39 is 17.8 Å². The number of anilines is 1. The van der Waals surface area contributed by atoms with Crippen molar-refractivity contribution in [3.8, 4) is 0 Å². The van der Waals surface area contributed by atoms with Gasteiger partial charge in [-0.1, -0.05) is 22.4 Å². The Labute approximate surface area is 101 Å². The van der Waals surface area contributed by atoms with Crippen LogP contribution in [0.3, 0.4) is 0 Å². The van der Waals surface area contributed by atoms with E-state index in [2.05, 4.69) is 20.1 Å². The van der Waals surface area contributed by atoms with Crippen molar-refractivity contribution in [2.75, 3.05) is 5.32 Å². The largest absolute Gasteiger partial charge is 0.481 e. The van der Waals surface area contributed by atoms with Crippen molar-refractivity contribution in [2.45, 2.75) is 25.7 Å². The first kappa shape index (κ1) is 11.9. The fourth-order valence-electron chi connectivity index (χ4n) is 2.12. The number of nitrogens with zero attached hydrogens (tertiary/aromatic N) is 3. The van der Waals surface area contributed by atoms with E-state index >= 15 is 0 Å². The van der Waals surface area contributed by atoms with Crippen molar-refractivity contribution in [3.05, 3.63) is 0 Å². The number of aromatic nitrogens is 3. The molecule has 0 bridgehead atoms. The van der Waals surface area contributed by atoms with Crippen LogP contribution in [0.15, 0.2) is 0 Å². The molecular weight excluding hydrogens is 244 g/mol. The zero-order valence-corrected chi connectivity index (χ0v) is 9.81. The summed E-state index contributed by atoms with van der Waals surface area (Å²) < 4.78 is 3.52. The summed E-state index contributed by atoms with van der Waals surface area (Å²) in [6, 6.07) is 0. The average molecular weight is 256 g/mol. The summed E-state index contributed by atoms with van der Waals surface area (Å²) in [5, 5.41) is 18.9. The quantitative estimate of drug-likeness (QED) is 0.827. The molecule has 2 rings (SSSR count). The summed E-state index contributed by atoms with van der Waals surface area (Å²) in [5.41, 5.74) is 0. The molecule has 1 aromatic heterocycles. The van der Waals surface area contributed by atoms with Crippen LogP contribution >= 0.6 is 11.5 Å². The first-order valence-corrected chi connectivity index (χ1v) is 6.14. The van der Waals surface area contributed by atoms with Gasteiger partial charge in [0.1, 0.15) is 0 Å². The lowest BCUT2D eigenvalue weighted by atomic mass is 9.79. The number of carbonyl (C=O) groups excluding carboxylic acids is 1. The first-order valence-electron chi connectivity index (χ1n) is 5.37. The number of hydrogen-bond donors (Lipinski definition) is 2. The number of rotatable bonds is 3. The molecule has 1 amide bonds. The van der Waals surface area contributed by atoms with Crippen molar-refractivity contribution in [3.63, 3.8) is 0 Å². The molecule has 2 N–H and O–H groups in total. The number of aliphatic carboxylic acids is 1. The van der Waals surface area contributed by atoms with Crippen LogP contribution in [0.1, 0.15) is 25.7 Å². The summed E-state index contributed by atoms with van der Waals surface area (Å²) in [4.78, 5) is 23.0. The Hall–Kier alpha value is -1.57. The van der Waals surface area contributed by atoms with Gasteiger partial charge in [-0.2, -0.15) is 0 Å². The van der Waals surface area contributed by atoms with Gasteiger partial charge in [0.2, 0.25) is 11.0 Å². The molecule has 8 heteroatoms. The summed E-state index contributed by atoms with van der Waals surface area (Å²) in [6.45, 7) is 0. The molecule has 1 aromatic rings. The molecule has 1 heterocycles. The molecule has 1 aliphatic rings. The Morgan fingerprint density at radius 2 is 2.00 bits per heavy atom. The minimum atomic E-state index is -0.903. The highest BCUT2D eigenvalue weighted by Crippen LogP contribution is 2.31. The van der Waals surface area contributed by atoms with Crippen LogP contribution in [0, 0.1) is 11.8 Å². The van der Waals surface area contributed by atoms with Crippen molar-refractivity contribution in [1.29, 1.82) is 0 Å². The lowest BCUT2D eigenvalue weighted by molar-refractivity contribution is -0.147. The van der Waals surface area contributed by atoms with Crippen LogP contribution in [0.5, 0.6) is 0 Å². The smallest absolute Gasteiger partial charge is 0.307 e. The van der Waals surface area contributed by atoms with Gasteiger partial charge in [0.15, 0.2) is 0 Å². The minimum absolute atomic E-state index is 0.296. The van der Waals surface area contributed by atoms with Crippen LogP contribution in [0.4, 0.5) is 5.13 Å². The average Bonchev–Trinajstić information content (AvgIpc) is 2.81. The summed E-state index contributed by atoms with van der Waals surface area (Å²) in [5.74, 6) is -2.27. The van der Waals surface area contributed by atoms with Gasteiger partial charge < -0.3 is 5.11 Å². The normalized spacial score (nSPS) is 24.2. The second-order valence-corrected chi connectivity index (χ2v) is 4.73. The molecule has 0 radical (unpaired) electrons. The lowest BCUT2D eigenvalue weighted by Crippen LogP contribution is -2.36. The fraction of sp³-hybridized carbons (Fsp3) is 0.667. The maximum absolute atomic E-state index is 11.9. The monoisotopic (exact) mass is 256 g/mol. The number of carbonyl (C=O) groups is 2. The van der Waals surface area contributed by atoms with Crippen LogP contribution in [0.25, 0.3) is 0 Å². The molecule has 1 fully saturated rings. The Morgan fingerprint density at radius 1 is 1.29 bits per heavy atom. The van der Waals surface area contributed by atoms with Gasteiger partial charge in [-0.25, -0.2) is 0 Å². The van der Waals surface area contributed by atoms with Crippen LogP contribution in [-0.2, 0) is 9.59 Å². The van der Waals surface area contributed by atoms with E-state index in [1.807, 2.05) is 0 Å². The molecule has 0 saturated heterocycles. The molecule has 0 aromatic carbocycles. The van der Waals surface area contributed by atoms with Crippen molar-refractivity contribution >= 4 is 28.5 Å². The summed E-state index contributed by atoms with van der Waals surface area (Å²) in [7, 11) is 0. The van der Waals surface area contributed by atoms with E-state index in [9.17, 15) is 9.59 Å². The van der Waals surface area contributed by atoms with Crippen LogP contribution in [0.2, 0.25) is 0 Å². The number of nitrogens with one attached hydrogen (secondary N) is 1. The molecule has 2 atom stereocenters. The Balaban J connectivity index is 2.03. The molecule has 7 nitrogen and oxygen atoms in total. The highest BCUT2D eigenvalue weighted by molar-refractivity contribution is 7.09. The number of carboxylic acids is 1. The highest BCUT2D eigenvalue weighted by atomic mass is 32.1. The van der Waals surface area contributed by atoms with Gasteiger partial charge in [0.05, 0.1) is 11.8 Å². The SMILES string of the molecule is O=C(O)[C@H]1CCCC[C@H]1C(=O)Nc1nnns1. The van der Waals surface area contributed by atoms with E-state index in [-0.39, 0.29) is 5.91 Å². The van der Waals surface area contributed by atoms with E-state index in [1.165, 1.54) is 0 Å². The number of amides is 1. The van der Waals surface area contributed by atoms with Gasteiger partial charge >= 0.3 is 5.97 Å². The van der Waals surface area contributed by atoms with E-state index in [4.69, 9.17) is 5.11 Å². The van der Waals surface area contributed by atoms with Gasteiger partial charge in [-0.3, -0.25) is 14.9 Å². The summed E-state index contributed by atoms with van der Waals surface area (Å²) in [6.07, 6.45) is 2.91. The Morgan fingerprint density at radius 3 is 2.59 bits per heavy atom. The molecule has 1 saturated carbocycles. The Kier molecular flexibility index (Phi) is 3.62. The fourth-order valence-corrected chi connectivity index (χ4v) is 2.49. The molecule has 1 aliphatic carbocycles. The highest BCUT2D eigenvalue weighted by Gasteiger charge is 2.35. The minimum Gasteiger partial charge on any atom is -0.481 e. The van der Waals surface area contributed by atoms with E-state index in [1.54, 1.807) is 0 Å². The molecule has 0 aliphatic heterocycles. The maximum Gasteiger partial charge on any atom is 0.307 e. The van der Waals surface area contributed by atoms with Crippen LogP contribution < -0.4 is 5.32 Å². The van der Waals surface area contributed by atoms with Gasteiger partial charge in [-0.15, -0.1) is 0 Å². The molecule has 0 unspecified atom stereocenters. The third-order valence-electron chi connectivity index (χ3n) is 2.95. The molecule has 0 spiro atoms. The predicted molar refractivity (Wildman–Crippen MR) is 59.4 cm³/mol. The number of carboxylic acid groups (broad SMARTS) is 1. The zero-order valence-electron chi connectivity index (χ0n) is 9.00. The second kappa shape index (κ2) is 5.17. The number of hydrogen-bond acceptors (Lipinski definition) is 6. The second-order valence-electron chi connectivity index (χ2n) is 3.99. The van der Waals surface area contributed by atoms with Gasteiger partial charge in [0, 0.05) is 11.5 Å². The maximum atomic E-state index is 11.9. The molecule has 92 valence electrons. The van der Waals surface area contributed by atoms with Gasteiger partial charge in [-0.05, 0) is 18.1 Å².